The normalized spacial score (nSPS) is 14.0. The van der Waals surface area contributed by atoms with E-state index < -0.39 is 5.72 Å². The predicted molar refractivity (Wildman–Crippen MR) is 64.2 cm³/mol. The fourth-order valence-corrected chi connectivity index (χ4v) is 1.23. The Balaban J connectivity index is 0.00000225. The first-order chi connectivity index (χ1) is 7.09. The summed E-state index contributed by atoms with van der Waals surface area (Å²) in [5.41, 5.74) is 0.440. The maximum Gasteiger partial charge on any atom is 0.136 e. The maximum atomic E-state index is 9.52. The van der Waals surface area contributed by atoms with Gasteiger partial charge in [-0.3, -0.25) is 5.32 Å². The minimum Gasteiger partial charge on any atom is -0.392 e. The van der Waals surface area contributed by atoms with Crippen molar-refractivity contribution >= 4 is 12.4 Å². The Labute approximate surface area is 101 Å². The molecule has 0 fully saturated rings. The van der Waals surface area contributed by atoms with E-state index in [1.165, 1.54) is 6.92 Å². The molecular weight excluding hydrogens is 230 g/mol. The molecule has 0 radical (unpaired) electrons. The van der Waals surface area contributed by atoms with Crippen LogP contribution in [0.2, 0.25) is 0 Å². The van der Waals surface area contributed by atoms with E-state index in [0.29, 0.717) is 6.54 Å². The fourth-order valence-electron chi connectivity index (χ4n) is 1.23. The molecule has 0 saturated carbocycles. The molecule has 1 aromatic carbocycles. The second-order valence-corrected chi connectivity index (χ2v) is 3.71. The summed E-state index contributed by atoms with van der Waals surface area (Å²) < 4.78 is 0. The average molecular weight is 248 g/mol. The van der Waals surface area contributed by atoms with Crippen LogP contribution in [0.25, 0.3) is 0 Å². The van der Waals surface area contributed by atoms with Crippen LogP contribution in [0.4, 0.5) is 0 Å². The molecule has 0 amide bonds. The Morgan fingerprint density at radius 3 is 2.25 bits per heavy atom. The van der Waals surface area contributed by atoms with Crippen LogP contribution < -0.4 is 5.32 Å². The highest BCUT2D eigenvalue weighted by molar-refractivity contribution is 5.85. The predicted octanol–water partition coefficient (Wildman–Crippen LogP) is 0.391. The topological polar surface area (TPSA) is 72.7 Å². The third kappa shape index (κ3) is 4.47. The monoisotopic (exact) mass is 247 g/mol. The Bertz CT molecular complexity index is 318. The summed E-state index contributed by atoms with van der Waals surface area (Å²) in [6.45, 7) is 1.52. The van der Waals surface area contributed by atoms with E-state index in [-0.39, 0.29) is 25.6 Å². The van der Waals surface area contributed by atoms with Gasteiger partial charge in [-0.15, -0.1) is 12.4 Å². The van der Waals surface area contributed by atoms with Crippen molar-refractivity contribution in [2.75, 3.05) is 6.61 Å². The molecule has 0 aliphatic heterocycles. The summed E-state index contributed by atoms with van der Waals surface area (Å²) in [4.78, 5) is 0. The van der Waals surface area contributed by atoms with Crippen molar-refractivity contribution in [3.05, 3.63) is 35.4 Å². The van der Waals surface area contributed by atoms with Crippen LogP contribution in [-0.2, 0) is 13.2 Å². The largest absolute Gasteiger partial charge is 0.392 e. The molecule has 92 valence electrons. The average Bonchev–Trinajstić information content (AvgIpc) is 2.27. The van der Waals surface area contributed by atoms with Gasteiger partial charge < -0.3 is 15.3 Å². The highest BCUT2D eigenvalue weighted by atomic mass is 35.5. The van der Waals surface area contributed by atoms with Crippen molar-refractivity contribution in [1.82, 2.24) is 5.32 Å². The van der Waals surface area contributed by atoms with Crippen LogP contribution in [0.5, 0.6) is 0 Å². The number of aliphatic hydroxyl groups excluding tert-OH is 2. The number of nitrogens with one attached hydrogen (secondary N) is 1. The quantitative estimate of drug-likeness (QED) is 0.568. The van der Waals surface area contributed by atoms with E-state index in [4.69, 9.17) is 10.2 Å². The molecule has 1 unspecified atom stereocenters. The van der Waals surface area contributed by atoms with Crippen LogP contribution >= 0.6 is 12.4 Å². The first-order valence-electron chi connectivity index (χ1n) is 4.85. The second kappa shape index (κ2) is 6.83. The first-order valence-corrected chi connectivity index (χ1v) is 4.85. The van der Waals surface area contributed by atoms with Crippen molar-refractivity contribution in [2.24, 2.45) is 0 Å². The summed E-state index contributed by atoms with van der Waals surface area (Å²) in [5, 5.41) is 30.2. The molecule has 0 bridgehead atoms. The highest BCUT2D eigenvalue weighted by Gasteiger charge is 2.17. The van der Waals surface area contributed by atoms with Crippen molar-refractivity contribution in [2.45, 2.75) is 25.8 Å². The lowest BCUT2D eigenvalue weighted by Gasteiger charge is -2.22. The Morgan fingerprint density at radius 1 is 1.19 bits per heavy atom. The molecule has 4 N–H and O–H groups in total. The van der Waals surface area contributed by atoms with Gasteiger partial charge in [0.1, 0.15) is 5.72 Å². The van der Waals surface area contributed by atoms with Gasteiger partial charge in [-0.1, -0.05) is 24.3 Å². The maximum absolute atomic E-state index is 9.52. The van der Waals surface area contributed by atoms with Gasteiger partial charge in [0.15, 0.2) is 0 Å². The van der Waals surface area contributed by atoms with Gasteiger partial charge in [0.05, 0.1) is 13.2 Å². The molecule has 0 saturated heterocycles. The van der Waals surface area contributed by atoms with Crippen molar-refractivity contribution < 1.29 is 15.3 Å². The van der Waals surface area contributed by atoms with Gasteiger partial charge in [-0.05, 0) is 18.1 Å². The zero-order valence-corrected chi connectivity index (χ0v) is 10.00. The Hall–Kier alpha value is -0.650. The third-order valence-corrected chi connectivity index (χ3v) is 2.26. The van der Waals surface area contributed by atoms with Crippen LogP contribution in [0.1, 0.15) is 18.1 Å². The van der Waals surface area contributed by atoms with Crippen molar-refractivity contribution in [3.8, 4) is 0 Å². The minimum absolute atomic E-state index is 0. The molecule has 4 nitrogen and oxygen atoms in total. The number of rotatable bonds is 5. The molecule has 0 heterocycles. The lowest BCUT2D eigenvalue weighted by atomic mass is 10.1. The summed E-state index contributed by atoms with van der Waals surface area (Å²) in [6.07, 6.45) is 0. The molecule has 5 heteroatoms. The van der Waals surface area contributed by atoms with Gasteiger partial charge in [0.2, 0.25) is 0 Å². The summed E-state index contributed by atoms with van der Waals surface area (Å²) >= 11 is 0. The van der Waals surface area contributed by atoms with Gasteiger partial charge in [0, 0.05) is 6.54 Å². The minimum atomic E-state index is -1.29. The molecule has 0 aliphatic carbocycles. The number of halogens is 1. The zero-order chi connectivity index (χ0) is 11.3. The van der Waals surface area contributed by atoms with Crippen LogP contribution in [0.3, 0.4) is 0 Å². The molecular formula is C11H18ClNO3. The molecule has 1 rings (SSSR count). The smallest absolute Gasteiger partial charge is 0.136 e. The molecule has 0 aliphatic rings. The van der Waals surface area contributed by atoms with Gasteiger partial charge in [0.25, 0.3) is 0 Å². The van der Waals surface area contributed by atoms with E-state index in [1.54, 1.807) is 0 Å². The van der Waals surface area contributed by atoms with E-state index in [2.05, 4.69) is 5.32 Å². The van der Waals surface area contributed by atoms with Crippen LogP contribution in [0.15, 0.2) is 24.3 Å². The Morgan fingerprint density at radius 2 is 1.75 bits per heavy atom. The number of benzene rings is 1. The van der Waals surface area contributed by atoms with E-state index in [9.17, 15) is 5.11 Å². The third-order valence-electron chi connectivity index (χ3n) is 2.26. The van der Waals surface area contributed by atoms with Crippen LogP contribution in [0, 0.1) is 0 Å². The first kappa shape index (κ1) is 15.3. The Kier molecular flexibility index (Phi) is 6.55. The van der Waals surface area contributed by atoms with Crippen molar-refractivity contribution in [3.63, 3.8) is 0 Å². The number of aliphatic hydroxyl groups is 3. The molecule has 1 aromatic rings. The van der Waals surface area contributed by atoms with Gasteiger partial charge in [-0.25, -0.2) is 0 Å². The van der Waals surface area contributed by atoms with E-state index in [0.717, 1.165) is 11.1 Å². The summed E-state index contributed by atoms with van der Waals surface area (Å²) in [6, 6.07) is 7.40. The molecule has 0 aromatic heterocycles. The van der Waals surface area contributed by atoms with Gasteiger partial charge in [-0.2, -0.15) is 0 Å². The van der Waals surface area contributed by atoms with E-state index in [1.807, 2.05) is 24.3 Å². The summed E-state index contributed by atoms with van der Waals surface area (Å²) in [7, 11) is 0. The number of hydrogen-bond donors (Lipinski definition) is 4. The highest BCUT2D eigenvalue weighted by Crippen LogP contribution is 2.09. The van der Waals surface area contributed by atoms with E-state index >= 15 is 0 Å². The lowest BCUT2D eigenvalue weighted by Crippen LogP contribution is -2.45. The second-order valence-electron chi connectivity index (χ2n) is 3.71. The summed E-state index contributed by atoms with van der Waals surface area (Å²) in [5.74, 6) is 0. The molecule has 0 spiro atoms. The van der Waals surface area contributed by atoms with Crippen LogP contribution in [-0.4, -0.2) is 27.7 Å². The van der Waals surface area contributed by atoms with Gasteiger partial charge >= 0.3 is 0 Å². The standard InChI is InChI=1S/C11H17NO3.ClH/c1-11(15,8-14)12-6-9-4-2-3-5-10(9)7-13;/h2-5,12-15H,6-8H2,1H3;1H. The SMILES string of the molecule is CC(O)(CO)NCc1ccccc1CO.Cl. The lowest BCUT2D eigenvalue weighted by molar-refractivity contribution is -0.0285. The number of hydrogen-bond acceptors (Lipinski definition) is 4. The molecule has 16 heavy (non-hydrogen) atoms. The molecule has 1 atom stereocenters. The van der Waals surface area contributed by atoms with Crippen molar-refractivity contribution in [1.29, 1.82) is 0 Å². The fraction of sp³-hybridized carbons (Fsp3) is 0.455. The zero-order valence-electron chi connectivity index (χ0n) is 9.18.